The summed E-state index contributed by atoms with van der Waals surface area (Å²) in [7, 11) is 0. The van der Waals surface area contributed by atoms with E-state index in [9.17, 15) is 0 Å². The highest BCUT2D eigenvalue weighted by Gasteiger charge is 2.31. The van der Waals surface area contributed by atoms with Gasteiger partial charge in [-0.2, -0.15) is 0 Å². The van der Waals surface area contributed by atoms with Crippen LogP contribution >= 0.6 is 0 Å². The van der Waals surface area contributed by atoms with Crippen molar-refractivity contribution >= 4 is 0 Å². The van der Waals surface area contributed by atoms with Crippen molar-refractivity contribution in [2.45, 2.75) is 65.5 Å². The number of ether oxygens (including phenoxy) is 1. The fourth-order valence-electron chi connectivity index (χ4n) is 2.89. The van der Waals surface area contributed by atoms with E-state index in [1.54, 1.807) is 6.26 Å². The van der Waals surface area contributed by atoms with Crippen LogP contribution in [0.15, 0.2) is 16.7 Å². The van der Waals surface area contributed by atoms with Crippen LogP contribution in [0, 0.1) is 0 Å². The second-order valence-electron chi connectivity index (χ2n) is 6.76. The predicted molar refractivity (Wildman–Crippen MR) is 80.6 cm³/mol. The predicted octanol–water partition coefficient (Wildman–Crippen LogP) is 2.78. The molecule has 2 heterocycles. The molecule has 0 spiro atoms. The number of nitrogens with zero attached hydrogens (tertiary/aromatic N) is 1. The molecule has 1 saturated heterocycles. The number of hydrogen-bond acceptors (Lipinski definition) is 4. The lowest BCUT2D eigenvalue weighted by Crippen LogP contribution is -2.51. The van der Waals surface area contributed by atoms with Crippen LogP contribution in [0.25, 0.3) is 0 Å². The average molecular weight is 280 g/mol. The third-order valence-electron chi connectivity index (χ3n) is 3.55. The molecule has 114 valence electrons. The minimum atomic E-state index is -0.0827. The summed E-state index contributed by atoms with van der Waals surface area (Å²) >= 11 is 0. The zero-order chi connectivity index (χ0) is 14.8. The van der Waals surface area contributed by atoms with Crippen LogP contribution in [-0.2, 0) is 17.8 Å². The van der Waals surface area contributed by atoms with Crippen LogP contribution in [-0.4, -0.2) is 35.7 Å². The molecule has 4 heteroatoms. The molecule has 1 atom stereocenters. The smallest absolute Gasteiger partial charge is 0.122 e. The fourth-order valence-corrected chi connectivity index (χ4v) is 2.89. The van der Waals surface area contributed by atoms with Gasteiger partial charge in [-0.05, 0) is 26.8 Å². The molecule has 0 amide bonds. The molecule has 1 aromatic heterocycles. The van der Waals surface area contributed by atoms with Gasteiger partial charge < -0.3 is 14.5 Å². The zero-order valence-corrected chi connectivity index (χ0v) is 13.4. The van der Waals surface area contributed by atoms with Crippen molar-refractivity contribution in [3.63, 3.8) is 0 Å². The Morgan fingerprint density at radius 3 is 2.85 bits per heavy atom. The highest BCUT2D eigenvalue weighted by molar-refractivity contribution is 5.17. The van der Waals surface area contributed by atoms with E-state index in [0.717, 1.165) is 31.9 Å². The lowest BCUT2D eigenvalue weighted by atomic mass is 10.1. The summed E-state index contributed by atoms with van der Waals surface area (Å²) in [5.41, 5.74) is 1.18. The Balaban J connectivity index is 1.97. The molecule has 0 aromatic carbocycles. The van der Waals surface area contributed by atoms with Gasteiger partial charge in [-0.25, -0.2) is 0 Å². The first-order valence-corrected chi connectivity index (χ1v) is 7.54. The number of nitrogens with one attached hydrogen (secondary N) is 1. The first-order chi connectivity index (χ1) is 9.35. The van der Waals surface area contributed by atoms with E-state index in [-0.39, 0.29) is 11.7 Å². The first-order valence-electron chi connectivity index (χ1n) is 7.54. The average Bonchev–Trinajstić information content (AvgIpc) is 2.70. The van der Waals surface area contributed by atoms with E-state index < -0.39 is 0 Å². The Hall–Kier alpha value is -0.840. The van der Waals surface area contributed by atoms with E-state index in [0.29, 0.717) is 6.04 Å². The number of morpholine rings is 1. The van der Waals surface area contributed by atoms with E-state index in [1.807, 2.05) is 0 Å². The lowest BCUT2D eigenvalue weighted by molar-refractivity contribution is -0.131. The maximum Gasteiger partial charge on any atom is 0.122 e. The molecule has 0 radical (unpaired) electrons. The maximum absolute atomic E-state index is 5.95. The molecule has 2 rings (SSSR count). The molecule has 1 aliphatic rings. The molecule has 0 saturated carbocycles. The molecule has 0 bridgehead atoms. The first kappa shape index (κ1) is 15.5. The minimum Gasteiger partial charge on any atom is -0.468 e. The Bertz CT molecular complexity index is 426. The monoisotopic (exact) mass is 280 g/mol. The number of furan rings is 1. The SMILES string of the molecule is CC(C)NCc1ccoc1CN1CC(C)OC(C)(C)C1. The summed E-state index contributed by atoms with van der Waals surface area (Å²) in [5.74, 6) is 1.07. The summed E-state index contributed by atoms with van der Waals surface area (Å²) in [6.45, 7) is 14.4. The van der Waals surface area contributed by atoms with Crippen molar-refractivity contribution in [3.05, 3.63) is 23.7 Å². The molecule has 1 unspecified atom stereocenters. The third-order valence-corrected chi connectivity index (χ3v) is 3.55. The van der Waals surface area contributed by atoms with Gasteiger partial charge in [0, 0.05) is 31.2 Å². The van der Waals surface area contributed by atoms with Gasteiger partial charge in [-0.1, -0.05) is 13.8 Å². The largest absolute Gasteiger partial charge is 0.468 e. The van der Waals surface area contributed by atoms with Crippen LogP contribution < -0.4 is 5.32 Å². The summed E-state index contributed by atoms with van der Waals surface area (Å²) in [4.78, 5) is 2.42. The second kappa shape index (κ2) is 6.29. The van der Waals surface area contributed by atoms with Gasteiger partial charge in [0.1, 0.15) is 5.76 Å². The van der Waals surface area contributed by atoms with Gasteiger partial charge in [0.05, 0.1) is 24.5 Å². The van der Waals surface area contributed by atoms with E-state index >= 15 is 0 Å². The molecule has 0 aliphatic carbocycles. The third kappa shape index (κ3) is 4.33. The van der Waals surface area contributed by atoms with Crippen molar-refractivity contribution in [1.82, 2.24) is 10.2 Å². The van der Waals surface area contributed by atoms with Crippen LogP contribution in [0.2, 0.25) is 0 Å². The van der Waals surface area contributed by atoms with Crippen molar-refractivity contribution in [2.75, 3.05) is 13.1 Å². The Labute approximate surface area is 122 Å². The van der Waals surface area contributed by atoms with Crippen LogP contribution in [0.3, 0.4) is 0 Å². The molecular weight excluding hydrogens is 252 g/mol. The Morgan fingerprint density at radius 2 is 2.20 bits per heavy atom. The molecule has 20 heavy (non-hydrogen) atoms. The maximum atomic E-state index is 5.95. The van der Waals surface area contributed by atoms with Gasteiger partial charge in [-0.3, -0.25) is 4.90 Å². The minimum absolute atomic E-state index is 0.0827. The zero-order valence-electron chi connectivity index (χ0n) is 13.4. The number of hydrogen-bond donors (Lipinski definition) is 1. The van der Waals surface area contributed by atoms with Crippen LogP contribution in [0.4, 0.5) is 0 Å². The molecular formula is C16H28N2O2. The standard InChI is InChI=1S/C16H28N2O2/c1-12(2)17-8-14-6-7-19-15(14)10-18-9-13(3)20-16(4,5)11-18/h6-7,12-13,17H,8-11H2,1-5H3. The highest BCUT2D eigenvalue weighted by atomic mass is 16.5. The Morgan fingerprint density at radius 1 is 1.45 bits per heavy atom. The van der Waals surface area contributed by atoms with Crippen molar-refractivity contribution < 1.29 is 9.15 Å². The second-order valence-corrected chi connectivity index (χ2v) is 6.76. The van der Waals surface area contributed by atoms with E-state index in [4.69, 9.17) is 9.15 Å². The molecule has 1 fully saturated rings. The molecule has 1 N–H and O–H groups in total. The van der Waals surface area contributed by atoms with Crippen molar-refractivity contribution in [1.29, 1.82) is 0 Å². The molecule has 1 aliphatic heterocycles. The molecule has 4 nitrogen and oxygen atoms in total. The topological polar surface area (TPSA) is 37.6 Å². The summed E-state index contributed by atoms with van der Waals surface area (Å²) in [5, 5.41) is 3.45. The van der Waals surface area contributed by atoms with Gasteiger partial charge in [0.2, 0.25) is 0 Å². The van der Waals surface area contributed by atoms with E-state index in [1.165, 1.54) is 5.56 Å². The summed E-state index contributed by atoms with van der Waals surface area (Å²) < 4.78 is 11.6. The van der Waals surface area contributed by atoms with Gasteiger partial charge in [0.25, 0.3) is 0 Å². The fraction of sp³-hybridized carbons (Fsp3) is 0.750. The molecule has 1 aromatic rings. The Kier molecular flexibility index (Phi) is 4.89. The van der Waals surface area contributed by atoms with Gasteiger partial charge in [0.15, 0.2) is 0 Å². The summed E-state index contributed by atoms with van der Waals surface area (Å²) in [6.07, 6.45) is 2.06. The van der Waals surface area contributed by atoms with Gasteiger partial charge in [-0.15, -0.1) is 0 Å². The van der Waals surface area contributed by atoms with Crippen LogP contribution in [0.5, 0.6) is 0 Å². The van der Waals surface area contributed by atoms with Crippen molar-refractivity contribution in [3.8, 4) is 0 Å². The van der Waals surface area contributed by atoms with Crippen molar-refractivity contribution in [2.24, 2.45) is 0 Å². The quantitative estimate of drug-likeness (QED) is 0.900. The van der Waals surface area contributed by atoms with Crippen LogP contribution in [0.1, 0.15) is 45.9 Å². The normalized spacial score (nSPS) is 23.4. The van der Waals surface area contributed by atoms with Gasteiger partial charge >= 0.3 is 0 Å². The highest BCUT2D eigenvalue weighted by Crippen LogP contribution is 2.23. The van der Waals surface area contributed by atoms with E-state index in [2.05, 4.69) is 50.9 Å². The lowest BCUT2D eigenvalue weighted by Gasteiger charge is -2.41. The number of rotatable bonds is 5. The summed E-state index contributed by atoms with van der Waals surface area (Å²) in [6, 6.07) is 2.56.